The van der Waals surface area contributed by atoms with Gasteiger partial charge in [-0.1, -0.05) is 12.1 Å². The van der Waals surface area contributed by atoms with Gasteiger partial charge in [-0.2, -0.15) is 0 Å². The van der Waals surface area contributed by atoms with Gasteiger partial charge in [0, 0.05) is 19.5 Å². The van der Waals surface area contributed by atoms with Crippen LogP contribution < -0.4 is 4.74 Å². The summed E-state index contributed by atoms with van der Waals surface area (Å²) in [6, 6.07) is 6.23. The lowest BCUT2D eigenvalue weighted by Crippen LogP contribution is -2.48. The fourth-order valence-electron chi connectivity index (χ4n) is 3.38. The zero-order chi connectivity index (χ0) is 21.0. The van der Waals surface area contributed by atoms with Crippen LogP contribution in [0.15, 0.2) is 29.2 Å². The summed E-state index contributed by atoms with van der Waals surface area (Å²) in [6.45, 7) is 0.321. The Morgan fingerprint density at radius 1 is 1.24 bits per heavy atom. The largest absolute Gasteiger partial charge is 0.497 e. The second-order valence-electron chi connectivity index (χ2n) is 6.79. The lowest BCUT2D eigenvalue weighted by Gasteiger charge is -2.33. The summed E-state index contributed by atoms with van der Waals surface area (Å²) < 4.78 is 5.09. The summed E-state index contributed by atoms with van der Waals surface area (Å²) in [5, 5.41) is 8.86. The molecular formula is C20H22N2O6S. The summed E-state index contributed by atoms with van der Waals surface area (Å²) in [7, 11) is 1.56. The van der Waals surface area contributed by atoms with E-state index in [1.54, 1.807) is 37.5 Å². The topological polar surface area (TPSA) is 104 Å². The standard InChI is InChI=1S/C20H22N2O6S/c1-28-14-7-5-13(6-8-14)12-16-18(24)22(20(27)29-16)11-9-17(23)21-10-3-2-4-15(21)19(25)26/h5-8,12,15H,2-4,9-11H2,1H3,(H,25,26). The van der Waals surface area contributed by atoms with Crippen LogP contribution >= 0.6 is 11.8 Å². The van der Waals surface area contributed by atoms with Crippen LogP contribution in [0.4, 0.5) is 4.79 Å². The molecule has 2 fully saturated rings. The number of ether oxygens (including phenoxy) is 1. The molecule has 8 nitrogen and oxygen atoms in total. The van der Waals surface area contributed by atoms with Crippen molar-refractivity contribution >= 4 is 40.9 Å². The Labute approximate surface area is 172 Å². The van der Waals surface area contributed by atoms with Crippen LogP contribution in [0, 0.1) is 0 Å². The van der Waals surface area contributed by atoms with E-state index >= 15 is 0 Å². The van der Waals surface area contributed by atoms with Gasteiger partial charge in [0.05, 0.1) is 12.0 Å². The molecule has 1 aromatic rings. The van der Waals surface area contributed by atoms with Crippen molar-refractivity contribution < 1.29 is 29.0 Å². The van der Waals surface area contributed by atoms with E-state index in [0.29, 0.717) is 18.7 Å². The fraction of sp³-hybridized carbons (Fsp3) is 0.400. The van der Waals surface area contributed by atoms with E-state index in [2.05, 4.69) is 0 Å². The van der Waals surface area contributed by atoms with Gasteiger partial charge >= 0.3 is 5.97 Å². The highest BCUT2D eigenvalue weighted by Gasteiger charge is 2.37. The lowest BCUT2D eigenvalue weighted by atomic mass is 10.0. The molecule has 2 saturated heterocycles. The molecule has 29 heavy (non-hydrogen) atoms. The molecule has 0 aliphatic carbocycles. The Balaban J connectivity index is 1.63. The van der Waals surface area contributed by atoms with Crippen LogP contribution in [-0.2, 0) is 14.4 Å². The van der Waals surface area contributed by atoms with E-state index < -0.39 is 23.2 Å². The predicted molar refractivity (Wildman–Crippen MR) is 107 cm³/mol. The first kappa shape index (κ1) is 20.9. The Kier molecular flexibility index (Phi) is 6.58. The summed E-state index contributed by atoms with van der Waals surface area (Å²) >= 11 is 0.828. The average Bonchev–Trinajstić information content (AvgIpc) is 2.99. The van der Waals surface area contributed by atoms with Gasteiger partial charge in [0.1, 0.15) is 11.8 Å². The summed E-state index contributed by atoms with van der Waals surface area (Å²) in [4.78, 5) is 51.3. The number of likely N-dealkylation sites (tertiary alicyclic amines) is 1. The number of carboxylic acids is 1. The van der Waals surface area contributed by atoms with Crippen LogP contribution in [-0.4, -0.2) is 64.2 Å². The van der Waals surface area contributed by atoms with Crippen molar-refractivity contribution in [3.63, 3.8) is 0 Å². The molecule has 9 heteroatoms. The number of nitrogens with zero attached hydrogens (tertiary/aromatic N) is 2. The van der Waals surface area contributed by atoms with Crippen molar-refractivity contribution in [2.45, 2.75) is 31.7 Å². The molecule has 1 unspecified atom stereocenters. The number of piperidine rings is 1. The third kappa shape index (κ3) is 4.79. The quantitative estimate of drug-likeness (QED) is 0.708. The van der Waals surface area contributed by atoms with Crippen LogP contribution in [0.2, 0.25) is 0 Å². The van der Waals surface area contributed by atoms with Gasteiger partial charge in [-0.15, -0.1) is 0 Å². The van der Waals surface area contributed by atoms with Gasteiger partial charge in [0.25, 0.3) is 11.1 Å². The van der Waals surface area contributed by atoms with Crippen LogP contribution in [0.3, 0.4) is 0 Å². The number of benzene rings is 1. The first-order chi connectivity index (χ1) is 13.9. The number of rotatable bonds is 6. The highest BCUT2D eigenvalue weighted by atomic mass is 32.2. The number of hydrogen-bond donors (Lipinski definition) is 1. The van der Waals surface area contributed by atoms with Crippen molar-refractivity contribution in [2.24, 2.45) is 0 Å². The predicted octanol–water partition coefficient (Wildman–Crippen LogP) is 2.59. The zero-order valence-electron chi connectivity index (χ0n) is 16.0. The monoisotopic (exact) mass is 418 g/mol. The van der Waals surface area contributed by atoms with E-state index in [-0.39, 0.29) is 23.8 Å². The summed E-state index contributed by atoms with van der Waals surface area (Å²) in [5.74, 6) is -1.13. The van der Waals surface area contributed by atoms with E-state index in [1.807, 2.05) is 0 Å². The van der Waals surface area contributed by atoms with E-state index in [0.717, 1.165) is 35.1 Å². The maximum Gasteiger partial charge on any atom is 0.326 e. The lowest BCUT2D eigenvalue weighted by molar-refractivity contribution is -0.152. The zero-order valence-corrected chi connectivity index (χ0v) is 16.8. The third-order valence-electron chi connectivity index (χ3n) is 4.94. The smallest absolute Gasteiger partial charge is 0.326 e. The number of amides is 3. The minimum absolute atomic E-state index is 0.0632. The Hall–Kier alpha value is -2.81. The molecule has 0 spiro atoms. The van der Waals surface area contributed by atoms with Crippen LogP contribution in [0.1, 0.15) is 31.2 Å². The molecule has 1 aromatic carbocycles. The van der Waals surface area contributed by atoms with Crippen molar-refractivity contribution in [2.75, 3.05) is 20.2 Å². The summed E-state index contributed by atoms with van der Waals surface area (Å²) in [6.07, 6.45) is 3.48. The molecule has 3 amide bonds. The first-order valence-electron chi connectivity index (χ1n) is 9.32. The second-order valence-corrected chi connectivity index (χ2v) is 7.79. The number of carbonyl (C=O) groups excluding carboxylic acids is 3. The molecule has 0 radical (unpaired) electrons. The van der Waals surface area contributed by atoms with Gasteiger partial charge in [-0.25, -0.2) is 4.79 Å². The number of aliphatic carboxylic acids is 1. The Bertz CT molecular complexity index is 851. The number of carbonyl (C=O) groups is 4. The van der Waals surface area contributed by atoms with Gasteiger partial charge < -0.3 is 14.7 Å². The Morgan fingerprint density at radius 3 is 2.62 bits per heavy atom. The molecule has 0 bridgehead atoms. The first-order valence-corrected chi connectivity index (χ1v) is 10.1. The van der Waals surface area contributed by atoms with Gasteiger partial charge in [0.2, 0.25) is 5.91 Å². The minimum atomic E-state index is -1.02. The van der Waals surface area contributed by atoms with Crippen molar-refractivity contribution in [3.8, 4) is 5.75 Å². The SMILES string of the molecule is COc1ccc(C=C2SC(=O)N(CCC(=O)N3CCCCC3C(=O)O)C2=O)cc1. The molecule has 2 aliphatic heterocycles. The highest BCUT2D eigenvalue weighted by Crippen LogP contribution is 2.32. The number of hydrogen-bond acceptors (Lipinski definition) is 6. The second kappa shape index (κ2) is 9.13. The van der Waals surface area contributed by atoms with Crippen molar-refractivity contribution in [1.29, 1.82) is 0 Å². The summed E-state index contributed by atoms with van der Waals surface area (Å²) in [5.41, 5.74) is 0.755. The average molecular weight is 418 g/mol. The van der Waals surface area contributed by atoms with Gasteiger partial charge in [0.15, 0.2) is 0 Å². The van der Waals surface area contributed by atoms with E-state index in [4.69, 9.17) is 4.74 Å². The molecule has 154 valence electrons. The minimum Gasteiger partial charge on any atom is -0.497 e. The maximum absolute atomic E-state index is 12.6. The molecule has 1 atom stereocenters. The van der Waals surface area contributed by atoms with Gasteiger partial charge in [-0.05, 0) is 54.8 Å². The molecule has 2 heterocycles. The van der Waals surface area contributed by atoms with E-state index in [9.17, 15) is 24.3 Å². The van der Waals surface area contributed by atoms with Crippen LogP contribution in [0.5, 0.6) is 5.75 Å². The Morgan fingerprint density at radius 2 is 1.97 bits per heavy atom. The normalized spacial score (nSPS) is 21.0. The van der Waals surface area contributed by atoms with Crippen LogP contribution in [0.25, 0.3) is 6.08 Å². The van der Waals surface area contributed by atoms with Crippen molar-refractivity contribution in [3.05, 3.63) is 34.7 Å². The molecule has 0 aromatic heterocycles. The number of imide groups is 1. The van der Waals surface area contributed by atoms with Gasteiger partial charge in [-0.3, -0.25) is 19.3 Å². The fourth-order valence-corrected chi connectivity index (χ4v) is 4.25. The third-order valence-corrected chi connectivity index (χ3v) is 5.85. The highest BCUT2D eigenvalue weighted by molar-refractivity contribution is 8.18. The van der Waals surface area contributed by atoms with Crippen molar-refractivity contribution in [1.82, 2.24) is 9.80 Å². The number of thioether (sulfide) groups is 1. The molecule has 3 rings (SSSR count). The molecule has 2 aliphatic rings. The number of carboxylic acid groups (broad SMARTS) is 1. The molecular weight excluding hydrogens is 396 g/mol. The number of methoxy groups -OCH3 is 1. The molecule has 0 saturated carbocycles. The van der Waals surface area contributed by atoms with E-state index in [1.165, 1.54) is 4.90 Å². The maximum atomic E-state index is 12.6. The molecule has 1 N–H and O–H groups in total.